The smallest absolute Gasteiger partial charge is 0.254 e. The second kappa shape index (κ2) is 7.81. The van der Waals surface area contributed by atoms with Gasteiger partial charge in [0.25, 0.3) is 5.91 Å². The first-order valence-corrected chi connectivity index (χ1v) is 8.25. The van der Waals surface area contributed by atoms with Crippen molar-refractivity contribution < 1.29 is 14.3 Å². The second-order valence-electron chi connectivity index (χ2n) is 5.78. The minimum absolute atomic E-state index is 0.169. The molecule has 1 unspecified atom stereocenters. The molecule has 0 aliphatic carbocycles. The number of nitrogens with one attached hydrogen (secondary N) is 2. The van der Waals surface area contributed by atoms with E-state index in [1.165, 1.54) is 0 Å². The Labute approximate surface area is 146 Å². The second-order valence-corrected chi connectivity index (χ2v) is 5.78. The molecule has 0 aromatic heterocycles. The number of ether oxygens (including phenoxy) is 1. The molecule has 6 nitrogen and oxygen atoms in total. The number of benzene rings is 2. The molecule has 2 aromatic carbocycles. The molecule has 25 heavy (non-hydrogen) atoms. The zero-order valence-electron chi connectivity index (χ0n) is 14.1. The number of piperazine rings is 1. The Balaban J connectivity index is 1.79. The zero-order chi connectivity index (χ0) is 17.6. The van der Waals surface area contributed by atoms with Gasteiger partial charge in [-0.25, -0.2) is 0 Å². The largest absolute Gasteiger partial charge is 0.457 e. The molecule has 0 bridgehead atoms. The first-order valence-electron chi connectivity index (χ1n) is 8.25. The van der Waals surface area contributed by atoms with Crippen molar-refractivity contribution in [1.29, 1.82) is 0 Å². The molecular formula is C19H21N3O3. The van der Waals surface area contributed by atoms with Gasteiger partial charge >= 0.3 is 0 Å². The topological polar surface area (TPSA) is 70.7 Å². The highest BCUT2D eigenvalue weighted by atomic mass is 16.5. The van der Waals surface area contributed by atoms with Crippen molar-refractivity contribution in [2.75, 3.05) is 26.7 Å². The quantitative estimate of drug-likeness (QED) is 0.888. The zero-order valence-corrected chi connectivity index (χ0v) is 14.1. The Morgan fingerprint density at radius 3 is 2.64 bits per heavy atom. The number of likely N-dealkylation sites (N-methyl/N-ethyl adjacent to an activating group) is 1. The maximum absolute atomic E-state index is 12.9. The van der Waals surface area contributed by atoms with E-state index in [9.17, 15) is 9.59 Å². The molecule has 1 atom stereocenters. The summed E-state index contributed by atoms with van der Waals surface area (Å²) in [6, 6.07) is 15.9. The lowest BCUT2D eigenvalue weighted by molar-refractivity contribution is -0.125. The van der Waals surface area contributed by atoms with E-state index in [2.05, 4.69) is 10.6 Å². The summed E-state index contributed by atoms with van der Waals surface area (Å²) in [6.07, 6.45) is 0. The standard InChI is InChI=1S/C19H21N3O3/c1-20-18(23)17-13-21-10-11-22(17)19(24)14-6-5-9-16(12-14)25-15-7-3-2-4-8-15/h2-9,12,17,21H,10-11,13H2,1H3,(H,20,23). The van der Waals surface area contributed by atoms with Gasteiger partial charge in [0.1, 0.15) is 17.5 Å². The van der Waals surface area contributed by atoms with Gasteiger partial charge in [-0.1, -0.05) is 24.3 Å². The van der Waals surface area contributed by atoms with E-state index in [0.717, 1.165) is 0 Å². The summed E-state index contributed by atoms with van der Waals surface area (Å²) in [5, 5.41) is 5.77. The van der Waals surface area contributed by atoms with Gasteiger partial charge in [0.05, 0.1) is 0 Å². The van der Waals surface area contributed by atoms with Crippen LogP contribution in [0, 0.1) is 0 Å². The lowest BCUT2D eigenvalue weighted by Crippen LogP contribution is -2.59. The molecule has 6 heteroatoms. The van der Waals surface area contributed by atoms with Crippen LogP contribution in [0.5, 0.6) is 11.5 Å². The summed E-state index contributed by atoms with van der Waals surface area (Å²) in [5.41, 5.74) is 0.504. The van der Waals surface area contributed by atoms with Gasteiger partial charge in [-0.2, -0.15) is 0 Å². The van der Waals surface area contributed by atoms with Crippen LogP contribution in [-0.2, 0) is 4.79 Å². The van der Waals surface area contributed by atoms with Crippen LogP contribution in [0.3, 0.4) is 0 Å². The molecule has 3 rings (SSSR count). The molecule has 2 aromatic rings. The summed E-state index contributed by atoms with van der Waals surface area (Å²) in [5.74, 6) is 0.951. The number of amides is 2. The van der Waals surface area contributed by atoms with Gasteiger partial charge in [-0.05, 0) is 30.3 Å². The third-order valence-corrected chi connectivity index (χ3v) is 4.11. The predicted molar refractivity (Wildman–Crippen MR) is 94.7 cm³/mol. The third kappa shape index (κ3) is 3.97. The number of rotatable bonds is 4. The van der Waals surface area contributed by atoms with E-state index in [-0.39, 0.29) is 11.8 Å². The number of carbonyl (C=O) groups is 2. The van der Waals surface area contributed by atoms with Gasteiger partial charge in [-0.3, -0.25) is 9.59 Å². The Morgan fingerprint density at radius 1 is 1.12 bits per heavy atom. The van der Waals surface area contributed by atoms with Gasteiger partial charge in [0, 0.05) is 32.2 Å². The highest BCUT2D eigenvalue weighted by Gasteiger charge is 2.32. The van der Waals surface area contributed by atoms with Crippen molar-refractivity contribution in [3.8, 4) is 11.5 Å². The van der Waals surface area contributed by atoms with Crippen molar-refractivity contribution in [3.63, 3.8) is 0 Å². The van der Waals surface area contributed by atoms with Crippen molar-refractivity contribution in [3.05, 3.63) is 60.2 Å². The predicted octanol–water partition coefficient (Wildman–Crippen LogP) is 1.64. The van der Waals surface area contributed by atoms with E-state index in [4.69, 9.17) is 4.74 Å². The number of carbonyl (C=O) groups excluding carboxylic acids is 2. The number of hydrogen-bond donors (Lipinski definition) is 2. The molecule has 0 spiro atoms. The van der Waals surface area contributed by atoms with Crippen molar-refractivity contribution in [2.24, 2.45) is 0 Å². The lowest BCUT2D eigenvalue weighted by Gasteiger charge is -2.35. The maximum Gasteiger partial charge on any atom is 0.254 e. The third-order valence-electron chi connectivity index (χ3n) is 4.11. The number of para-hydroxylation sites is 1. The van der Waals surface area contributed by atoms with Crippen molar-refractivity contribution in [1.82, 2.24) is 15.5 Å². The highest BCUT2D eigenvalue weighted by molar-refractivity contribution is 5.98. The molecule has 2 N–H and O–H groups in total. The molecule has 1 aliphatic rings. The lowest BCUT2D eigenvalue weighted by atomic mass is 10.1. The Morgan fingerprint density at radius 2 is 1.88 bits per heavy atom. The van der Waals surface area contributed by atoms with Crippen LogP contribution >= 0.6 is 0 Å². The summed E-state index contributed by atoms with van der Waals surface area (Å²) in [6.45, 7) is 1.60. The SMILES string of the molecule is CNC(=O)C1CNCCN1C(=O)c1cccc(Oc2ccccc2)c1. The Hall–Kier alpha value is -2.86. The first kappa shape index (κ1) is 17.0. The van der Waals surface area contributed by atoms with Gasteiger partial charge in [0.2, 0.25) is 5.91 Å². The summed E-state index contributed by atoms with van der Waals surface area (Å²) >= 11 is 0. The fourth-order valence-corrected chi connectivity index (χ4v) is 2.83. The van der Waals surface area contributed by atoms with E-state index < -0.39 is 6.04 Å². The molecule has 130 valence electrons. The highest BCUT2D eigenvalue weighted by Crippen LogP contribution is 2.23. The minimum atomic E-state index is -0.509. The van der Waals surface area contributed by atoms with E-state index in [0.29, 0.717) is 36.7 Å². The fraction of sp³-hybridized carbons (Fsp3) is 0.263. The number of nitrogens with zero attached hydrogens (tertiary/aromatic N) is 1. The van der Waals surface area contributed by atoms with Crippen molar-refractivity contribution >= 4 is 11.8 Å². The molecule has 2 amide bonds. The fourth-order valence-electron chi connectivity index (χ4n) is 2.83. The van der Waals surface area contributed by atoms with Crippen LogP contribution in [0.2, 0.25) is 0 Å². The van der Waals surface area contributed by atoms with Crippen LogP contribution in [0.15, 0.2) is 54.6 Å². The molecule has 1 aliphatic heterocycles. The van der Waals surface area contributed by atoms with Crippen LogP contribution in [0.4, 0.5) is 0 Å². The maximum atomic E-state index is 12.9. The van der Waals surface area contributed by atoms with Gasteiger partial charge < -0.3 is 20.3 Å². The molecule has 1 fully saturated rings. The molecule has 0 saturated carbocycles. The van der Waals surface area contributed by atoms with E-state index >= 15 is 0 Å². The van der Waals surface area contributed by atoms with Crippen LogP contribution in [0.25, 0.3) is 0 Å². The Bertz CT molecular complexity index is 749. The van der Waals surface area contributed by atoms with Gasteiger partial charge in [0.15, 0.2) is 0 Å². The Kier molecular flexibility index (Phi) is 5.30. The average Bonchev–Trinajstić information content (AvgIpc) is 2.68. The molecule has 1 heterocycles. The van der Waals surface area contributed by atoms with Crippen LogP contribution < -0.4 is 15.4 Å². The average molecular weight is 339 g/mol. The van der Waals surface area contributed by atoms with Crippen molar-refractivity contribution in [2.45, 2.75) is 6.04 Å². The normalized spacial score (nSPS) is 17.0. The van der Waals surface area contributed by atoms with Gasteiger partial charge in [-0.15, -0.1) is 0 Å². The van der Waals surface area contributed by atoms with E-state index in [1.807, 2.05) is 30.3 Å². The first-order chi connectivity index (χ1) is 12.2. The summed E-state index contributed by atoms with van der Waals surface area (Å²) in [4.78, 5) is 26.6. The van der Waals surface area contributed by atoms with Crippen LogP contribution in [0.1, 0.15) is 10.4 Å². The minimum Gasteiger partial charge on any atom is -0.457 e. The van der Waals surface area contributed by atoms with Crippen LogP contribution in [-0.4, -0.2) is 49.4 Å². The molecular weight excluding hydrogens is 318 g/mol. The molecule has 1 saturated heterocycles. The monoisotopic (exact) mass is 339 g/mol. The van der Waals surface area contributed by atoms with E-state index in [1.54, 1.807) is 36.2 Å². The number of hydrogen-bond acceptors (Lipinski definition) is 4. The molecule has 0 radical (unpaired) electrons. The summed E-state index contributed by atoms with van der Waals surface area (Å²) in [7, 11) is 1.58. The summed E-state index contributed by atoms with van der Waals surface area (Å²) < 4.78 is 5.79.